The van der Waals surface area contributed by atoms with Gasteiger partial charge in [0.1, 0.15) is 5.60 Å². The Bertz CT molecular complexity index is 657. The number of hydrogen-bond acceptors (Lipinski definition) is 4. The molecular formula is C23H39N5O2. The first-order chi connectivity index (χ1) is 14.4. The van der Waals surface area contributed by atoms with Gasteiger partial charge in [0.05, 0.1) is 0 Å². The predicted octanol–water partition coefficient (Wildman–Crippen LogP) is 2.63. The lowest BCUT2D eigenvalue weighted by Crippen LogP contribution is -2.41. The molecule has 1 heterocycles. The number of guanidine groups is 1. The highest BCUT2D eigenvalue weighted by molar-refractivity contribution is 5.79. The molecule has 0 radical (unpaired) electrons. The lowest BCUT2D eigenvalue weighted by Gasteiger charge is -2.20. The summed E-state index contributed by atoms with van der Waals surface area (Å²) in [4.78, 5) is 18.5. The molecule has 3 N–H and O–H groups in total. The third-order valence-corrected chi connectivity index (χ3v) is 5.03. The van der Waals surface area contributed by atoms with E-state index in [4.69, 9.17) is 4.74 Å². The van der Waals surface area contributed by atoms with Crippen molar-refractivity contribution < 1.29 is 9.53 Å². The number of carbonyl (C=O) groups is 1. The van der Waals surface area contributed by atoms with E-state index in [2.05, 4.69) is 56.2 Å². The summed E-state index contributed by atoms with van der Waals surface area (Å²) in [5, 5.41) is 9.51. The molecule has 1 aliphatic rings. The maximum absolute atomic E-state index is 11.6. The Balaban J connectivity index is 1.54. The maximum atomic E-state index is 11.6. The van der Waals surface area contributed by atoms with E-state index < -0.39 is 5.60 Å². The Morgan fingerprint density at radius 1 is 1.17 bits per heavy atom. The molecule has 1 unspecified atom stereocenters. The summed E-state index contributed by atoms with van der Waals surface area (Å²) < 4.78 is 5.22. The van der Waals surface area contributed by atoms with Crippen molar-refractivity contribution in [2.45, 2.75) is 45.6 Å². The second-order valence-electron chi connectivity index (χ2n) is 8.85. The van der Waals surface area contributed by atoms with Crippen LogP contribution in [0.2, 0.25) is 0 Å². The van der Waals surface area contributed by atoms with Crippen LogP contribution >= 0.6 is 0 Å². The Labute approximate surface area is 181 Å². The molecule has 0 aromatic heterocycles. The zero-order valence-electron chi connectivity index (χ0n) is 19.0. The Morgan fingerprint density at radius 3 is 2.60 bits per heavy atom. The molecule has 1 atom stereocenters. The van der Waals surface area contributed by atoms with Crippen LogP contribution in [0.3, 0.4) is 0 Å². The van der Waals surface area contributed by atoms with Crippen molar-refractivity contribution in [3.63, 3.8) is 0 Å². The molecule has 1 aliphatic heterocycles. The van der Waals surface area contributed by atoms with Gasteiger partial charge < -0.3 is 25.6 Å². The SMILES string of the molecule is CN=C(NCCCNC(=O)OC(C)(C)C)NCC1CCN(CCc2ccccc2)C1. The molecule has 1 saturated heterocycles. The Kier molecular flexibility index (Phi) is 9.94. The number of hydrogen-bond donors (Lipinski definition) is 3. The zero-order chi connectivity index (χ0) is 21.8. The summed E-state index contributed by atoms with van der Waals surface area (Å²) in [6.07, 6.45) is 2.76. The highest BCUT2D eigenvalue weighted by Gasteiger charge is 2.22. The molecule has 1 fully saturated rings. The summed E-state index contributed by atoms with van der Waals surface area (Å²) in [5.41, 5.74) is 0.941. The smallest absolute Gasteiger partial charge is 0.407 e. The first kappa shape index (κ1) is 24.0. The Morgan fingerprint density at radius 2 is 1.90 bits per heavy atom. The van der Waals surface area contributed by atoms with Crippen molar-refractivity contribution >= 4 is 12.1 Å². The quantitative estimate of drug-likeness (QED) is 0.327. The summed E-state index contributed by atoms with van der Waals surface area (Å²) in [7, 11) is 1.79. The summed E-state index contributed by atoms with van der Waals surface area (Å²) >= 11 is 0. The van der Waals surface area contributed by atoms with E-state index in [0.717, 1.165) is 45.0 Å². The van der Waals surface area contributed by atoms with Crippen molar-refractivity contribution in [2.24, 2.45) is 10.9 Å². The van der Waals surface area contributed by atoms with Crippen molar-refractivity contribution in [3.05, 3.63) is 35.9 Å². The Hall–Kier alpha value is -2.28. The maximum Gasteiger partial charge on any atom is 0.407 e. The van der Waals surface area contributed by atoms with Crippen LogP contribution in [0, 0.1) is 5.92 Å². The molecular weight excluding hydrogens is 378 g/mol. The fourth-order valence-corrected chi connectivity index (χ4v) is 3.48. The van der Waals surface area contributed by atoms with Crippen LogP contribution in [0.5, 0.6) is 0 Å². The van der Waals surface area contributed by atoms with Crippen LogP contribution in [0.1, 0.15) is 39.2 Å². The van der Waals surface area contributed by atoms with Gasteiger partial charge in [-0.25, -0.2) is 4.79 Å². The van der Waals surface area contributed by atoms with Crippen LogP contribution in [0.25, 0.3) is 0 Å². The molecule has 1 aromatic rings. The van der Waals surface area contributed by atoms with Gasteiger partial charge in [-0.1, -0.05) is 30.3 Å². The molecule has 0 spiro atoms. The summed E-state index contributed by atoms with van der Waals surface area (Å²) in [5.74, 6) is 1.46. The predicted molar refractivity (Wildman–Crippen MR) is 123 cm³/mol. The molecule has 0 aliphatic carbocycles. The molecule has 7 heteroatoms. The number of aliphatic imine (C=N–C) groups is 1. The minimum absolute atomic E-state index is 0.372. The van der Waals surface area contributed by atoms with Gasteiger partial charge in [0.25, 0.3) is 0 Å². The van der Waals surface area contributed by atoms with E-state index >= 15 is 0 Å². The van der Waals surface area contributed by atoms with Gasteiger partial charge in [-0.05, 0) is 58.1 Å². The van der Waals surface area contributed by atoms with Crippen molar-refractivity contribution in [1.82, 2.24) is 20.9 Å². The van der Waals surface area contributed by atoms with Gasteiger partial charge in [-0.15, -0.1) is 0 Å². The highest BCUT2D eigenvalue weighted by Crippen LogP contribution is 2.16. The number of alkyl carbamates (subject to hydrolysis) is 1. The molecule has 0 saturated carbocycles. The van der Waals surface area contributed by atoms with Crippen molar-refractivity contribution in [3.8, 4) is 0 Å². The number of benzene rings is 1. The van der Waals surface area contributed by atoms with Gasteiger partial charge in [0.15, 0.2) is 5.96 Å². The van der Waals surface area contributed by atoms with E-state index in [1.807, 2.05) is 20.8 Å². The number of amides is 1. The van der Waals surface area contributed by atoms with E-state index in [1.54, 1.807) is 7.05 Å². The number of rotatable bonds is 9. The number of carbonyl (C=O) groups excluding carboxylic acids is 1. The lowest BCUT2D eigenvalue weighted by molar-refractivity contribution is 0.0527. The van der Waals surface area contributed by atoms with Gasteiger partial charge in [0.2, 0.25) is 0 Å². The molecule has 0 bridgehead atoms. The average Bonchev–Trinajstić information content (AvgIpc) is 3.16. The van der Waals surface area contributed by atoms with E-state index in [0.29, 0.717) is 12.5 Å². The highest BCUT2D eigenvalue weighted by atomic mass is 16.6. The first-order valence-electron chi connectivity index (χ1n) is 11.0. The summed E-state index contributed by atoms with van der Waals surface area (Å²) in [6, 6.07) is 10.7. The average molecular weight is 418 g/mol. The van der Waals surface area contributed by atoms with Gasteiger partial charge in [-0.3, -0.25) is 4.99 Å². The van der Waals surface area contributed by atoms with Crippen LogP contribution < -0.4 is 16.0 Å². The number of nitrogens with one attached hydrogen (secondary N) is 3. The van der Waals surface area contributed by atoms with Crippen molar-refractivity contribution in [2.75, 3.05) is 46.3 Å². The second kappa shape index (κ2) is 12.4. The lowest BCUT2D eigenvalue weighted by atomic mass is 10.1. The van der Waals surface area contributed by atoms with Gasteiger partial charge >= 0.3 is 6.09 Å². The molecule has 7 nitrogen and oxygen atoms in total. The topological polar surface area (TPSA) is 78.0 Å². The molecule has 30 heavy (non-hydrogen) atoms. The van der Waals surface area contributed by atoms with Crippen LogP contribution in [-0.4, -0.2) is 68.9 Å². The third kappa shape index (κ3) is 9.96. The summed E-state index contributed by atoms with van der Waals surface area (Å²) in [6.45, 7) is 11.2. The standard InChI is InChI=1S/C23H39N5O2/c1-23(2,3)30-22(29)26-14-8-13-25-21(24-4)27-17-20-12-16-28(18-20)15-11-19-9-6-5-7-10-19/h5-7,9-10,20H,8,11-18H2,1-4H3,(H,26,29)(H2,24,25,27). The van der Waals surface area contributed by atoms with E-state index in [-0.39, 0.29) is 6.09 Å². The number of ether oxygens (including phenoxy) is 1. The number of nitrogens with zero attached hydrogens (tertiary/aromatic N) is 2. The fraction of sp³-hybridized carbons (Fsp3) is 0.652. The second-order valence-corrected chi connectivity index (χ2v) is 8.85. The number of likely N-dealkylation sites (tertiary alicyclic amines) is 1. The van der Waals surface area contributed by atoms with Crippen LogP contribution in [-0.2, 0) is 11.2 Å². The third-order valence-electron chi connectivity index (χ3n) is 5.03. The van der Waals surface area contributed by atoms with Gasteiger partial charge in [0, 0.05) is 39.8 Å². The molecule has 168 valence electrons. The van der Waals surface area contributed by atoms with E-state index in [9.17, 15) is 4.79 Å². The van der Waals surface area contributed by atoms with Gasteiger partial charge in [-0.2, -0.15) is 0 Å². The largest absolute Gasteiger partial charge is 0.444 e. The fourth-order valence-electron chi connectivity index (χ4n) is 3.48. The monoisotopic (exact) mass is 417 g/mol. The molecule has 1 amide bonds. The zero-order valence-corrected chi connectivity index (χ0v) is 19.0. The molecule has 1 aromatic carbocycles. The van der Waals surface area contributed by atoms with E-state index in [1.165, 1.54) is 18.5 Å². The molecule has 2 rings (SSSR count). The minimum Gasteiger partial charge on any atom is -0.444 e. The van der Waals surface area contributed by atoms with Crippen molar-refractivity contribution in [1.29, 1.82) is 0 Å². The minimum atomic E-state index is -0.467. The normalized spacial score (nSPS) is 17.6. The van der Waals surface area contributed by atoms with Crippen LogP contribution in [0.15, 0.2) is 35.3 Å². The first-order valence-corrected chi connectivity index (χ1v) is 11.0. The van der Waals surface area contributed by atoms with Crippen LogP contribution in [0.4, 0.5) is 4.79 Å².